The van der Waals surface area contributed by atoms with Crippen LogP contribution in [0.15, 0.2) is 60.9 Å². The summed E-state index contributed by atoms with van der Waals surface area (Å²) in [6, 6.07) is 12.9. The highest BCUT2D eigenvalue weighted by molar-refractivity contribution is 6.36. The van der Waals surface area contributed by atoms with Gasteiger partial charge in [0.15, 0.2) is 5.82 Å². The van der Waals surface area contributed by atoms with Crippen molar-refractivity contribution in [2.75, 3.05) is 39.8 Å². The topological polar surface area (TPSA) is 100 Å². The summed E-state index contributed by atoms with van der Waals surface area (Å²) in [6.07, 6.45) is 11.4. The highest BCUT2D eigenvalue weighted by atomic mass is 35.5. The molecular formula is C40H40ClF2N8O2+. The predicted octanol–water partition coefficient (Wildman–Crippen LogP) is 6.99. The van der Waals surface area contributed by atoms with Gasteiger partial charge in [0.25, 0.3) is 0 Å². The van der Waals surface area contributed by atoms with Gasteiger partial charge in [-0.1, -0.05) is 41.9 Å². The molecule has 5 aromatic rings. The smallest absolute Gasteiger partial charge is 0.434 e. The van der Waals surface area contributed by atoms with Crippen LogP contribution in [0.2, 0.25) is 5.02 Å². The molecule has 3 aliphatic rings. The molecule has 0 saturated carbocycles. The number of piperidine rings is 1. The molecule has 272 valence electrons. The van der Waals surface area contributed by atoms with E-state index in [1.54, 1.807) is 49.7 Å². The molecule has 3 atom stereocenters. The summed E-state index contributed by atoms with van der Waals surface area (Å²) < 4.78 is 39.6. The Morgan fingerprint density at radius 1 is 1.09 bits per heavy atom. The number of alkyl halides is 1. The van der Waals surface area contributed by atoms with Crippen molar-refractivity contribution >= 4 is 57.3 Å². The number of carbonyl (C=O) groups excluding carboxylic acids is 1. The van der Waals surface area contributed by atoms with E-state index in [1.807, 2.05) is 47.0 Å². The molecule has 3 aliphatic heterocycles. The van der Waals surface area contributed by atoms with Crippen LogP contribution in [0.5, 0.6) is 6.01 Å². The van der Waals surface area contributed by atoms with E-state index >= 15 is 4.39 Å². The zero-order valence-corrected chi connectivity index (χ0v) is 30.4. The Morgan fingerprint density at radius 3 is 2.79 bits per heavy atom. The van der Waals surface area contributed by atoms with Gasteiger partial charge in [0.05, 0.1) is 24.5 Å². The number of aromatic nitrogens is 5. The van der Waals surface area contributed by atoms with Crippen LogP contribution in [-0.4, -0.2) is 103 Å². The van der Waals surface area contributed by atoms with E-state index in [9.17, 15) is 9.18 Å². The Morgan fingerprint density at radius 2 is 1.94 bits per heavy atom. The molecule has 3 aromatic heterocycles. The van der Waals surface area contributed by atoms with Crippen LogP contribution in [0.4, 0.5) is 14.6 Å². The van der Waals surface area contributed by atoms with Gasteiger partial charge in [-0.25, -0.2) is 23.3 Å². The van der Waals surface area contributed by atoms with Crippen LogP contribution >= 0.6 is 11.6 Å². The Hall–Kier alpha value is -4.94. The maximum Gasteiger partial charge on any atom is 0.434 e. The maximum atomic E-state index is 16.9. The first-order valence-electron chi connectivity index (χ1n) is 18.1. The summed E-state index contributed by atoms with van der Waals surface area (Å²) in [5, 5.41) is 2.45. The van der Waals surface area contributed by atoms with Crippen molar-refractivity contribution in [3.8, 4) is 17.3 Å². The third-order valence-electron chi connectivity index (χ3n) is 10.7. The van der Waals surface area contributed by atoms with Crippen LogP contribution in [0.25, 0.3) is 39.0 Å². The normalized spacial score (nSPS) is 22.3. The lowest BCUT2D eigenvalue weighted by Gasteiger charge is -2.30. The van der Waals surface area contributed by atoms with E-state index in [2.05, 4.69) is 24.8 Å². The SMILES string of the molecule is Cc1nccc(/C=C/C(=O)N2CCCC(/C=[N+](\C)c3nc(OC[C@@]45CCCN4C[C@H](F)C5)nc4c(F)c(-c5cccc6cccc(Cl)c56)ncc34)C2)n1. The Bertz CT molecular complexity index is 2280. The van der Waals surface area contributed by atoms with Gasteiger partial charge in [0.2, 0.25) is 5.91 Å². The fourth-order valence-corrected chi connectivity index (χ4v) is 8.51. The van der Waals surface area contributed by atoms with Crippen LogP contribution in [0.3, 0.4) is 0 Å². The third-order valence-corrected chi connectivity index (χ3v) is 11.0. The van der Waals surface area contributed by atoms with Gasteiger partial charge in [0.1, 0.15) is 35.2 Å². The van der Waals surface area contributed by atoms with E-state index < -0.39 is 17.5 Å². The monoisotopic (exact) mass is 737 g/mol. The second-order valence-corrected chi connectivity index (χ2v) is 14.7. The third kappa shape index (κ3) is 6.97. The number of aryl methyl sites for hydroxylation is 1. The zero-order chi connectivity index (χ0) is 36.7. The number of benzene rings is 2. The molecule has 13 heteroatoms. The summed E-state index contributed by atoms with van der Waals surface area (Å²) in [4.78, 5) is 39.7. The van der Waals surface area contributed by atoms with Crippen molar-refractivity contribution < 1.29 is 22.9 Å². The van der Waals surface area contributed by atoms with Gasteiger partial charge < -0.3 is 9.64 Å². The number of fused-ring (bicyclic) bond motifs is 3. The standard InChI is InChI=1S/C40H40ClF2N8O2/c1-25-44-16-14-29(46-25)12-13-33(52)50-17-5-7-26(22-50)21-49(2)38-31-20-45-36(30-10-3-8-27-9-4-11-32(41)34(27)30)35(43)37(31)47-39(48-38)53-24-40-15-6-18-51(40)23-28(42)19-40/h3-4,8-14,16,20-21,26,28H,5-7,15,17-19,22-24H2,1-2H3/q+1/b13-12+,49-21+/t26?,28-,40+/m1/s1. The number of carbonyl (C=O) groups is 1. The van der Waals surface area contributed by atoms with Crippen LogP contribution in [-0.2, 0) is 4.79 Å². The van der Waals surface area contributed by atoms with Crippen LogP contribution in [0.1, 0.15) is 43.6 Å². The zero-order valence-electron chi connectivity index (χ0n) is 29.7. The molecule has 0 bridgehead atoms. The average Bonchev–Trinajstić information content (AvgIpc) is 3.68. The second kappa shape index (κ2) is 14.5. The first-order valence-corrected chi connectivity index (χ1v) is 18.5. The number of rotatable bonds is 8. The van der Waals surface area contributed by atoms with Crippen molar-refractivity contribution in [3.05, 3.63) is 83.3 Å². The Balaban J connectivity index is 1.14. The molecule has 53 heavy (non-hydrogen) atoms. The van der Waals surface area contributed by atoms with E-state index in [-0.39, 0.29) is 35.7 Å². The van der Waals surface area contributed by atoms with Gasteiger partial charge in [-0.2, -0.15) is 4.98 Å². The lowest BCUT2D eigenvalue weighted by Crippen LogP contribution is -2.43. The average molecular weight is 738 g/mol. The summed E-state index contributed by atoms with van der Waals surface area (Å²) in [6.45, 7) is 4.36. The minimum Gasteiger partial charge on any atom is -0.443 e. The minimum absolute atomic E-state index is 0.00240. The van der Waals surface area contributed by atoms with Crippen molar-refractivity contribution in [2.24, 2.45) is 5.92 Å². The number of hydrogen-bond donors (Lipinski definition) is 0. The maximum absolute atomic E-state index is 16.9. The molecule has 6 heterocycles. The van der Waals surface area contributed by atoms with Crippen molar-refractivity contribution in [1.82, 2.24) is 34.7 Å². The number of halogens is 3. The number of pyridine rings is 1. The predicted molar refractivity (Wildman–Crippen MR) is 201 cm³/mol. The quantitative estimate of drug-likeness (QED) is 0.0956. The molecule has 1 unspecified atom stereocenters. The van der Waals surface area contributed by atoms with E-state index in [0.717, 1.165) is 37.6 Å². The second-order valence-electron chi connectivity index (χ2n) is 14.3. The van der Waals surface area contributed by atoms with Crippen molar-refractivity contribution in [1.29, 1.82) is 0 Å². The van der Waals surface area contributed by atoms with Crippen molar-refractivity contribution in [3.63, 3.8) is 0 Å². The highest BCUT2D eigenvalue weighted by Crippen LogP contribution is 2.41. The van der Waals surface area contributed by atoms with E-state index in [0.29, 0.717) is 64.7 Å². The largest absolute Gasteiger partial charge is 0.443 e. The van der Waals surface area contributed by atoms with E-state index in [4.69, 9.17) is 21.3 Å². The number of likely N-dealkylation sites (tertiary alicyclic amines) is 1. The number of nitrogens with zero attached hydrogens (tertiary/aromatic N) is 8. The Kier molecular flexibility index (Phi) is 9.59. The minimum atomic E-state index is -0.916. The molecule has 10 nitrogen and oxygen atoms in total. The molecule has 1 amide bonds. The number of amides is 1. The molecule has 0 N–H and O–H groups in total. The van der Waals surface area contributed by atoms with Gasteiger partial charge in [-0.3, -0.25) is 14.7 Å². The molecule has 0 spiro atoms. The lowest BCUT2D eigenvalue weighted by atomic mass is 9.95. The summed E-state index contributed by atoms with van der Waals surface area (Å²) in [5.41, 5.74) is 0.953. The molecule has 3 saturated heterocycles. The van der Waals surface area contributed by atoms with Crippen molar-refractivity contribution in [2.45, 2.75) is 50.7 Å². The molecule has 8 rings (SSSR count). The molecule has 3 fully saturated rings. The Labute approximate surface area is 311 Å². The van der Waals surface area contributed by atoms with Crippen LogP contribution < -0.4 is 4.74 Å². The molecule has 2 aromatic carbocycles. The van der Waals surface area contributed by atoms with Gasteiger partial charge in [-0.05, 0) is 62.7 Å². The molecule has 0 radical (unpaired) electrons. The van der Waals surface area contributed by atoms with Gasteiger partial charge >= 0.3 is 11.8 Å². The van der Waals surface area contributed by atoms with E-state index in [1.165, 1.54) is 0 Å². The fourth-order valence-electron chi connectivity index (χ4n) is 8.23. The molecule has 0 aliphatic carbocycles. The summed E-state index contributed by atoms with van der Waals surface area (Å²) in [5.74, 6) is 0.333. The lowest BCUT2D eigenvalue weighted by molar-refractivity contribution is -0.405. The molecular weight excluding hydrogens is 698 g/mol. The number of ether oxygens (including phenoxy) is 1. The van der Waals surface area contributed by atoms with Crippen LogP contribution in [0, 0.1) is 18.7 Å². The highest BCUT2D eigenvalue weighted by Gasteiger charge is 2.49. The number of hydrogen-bond acceptors (Lipinski definition) is 8. The summed E-state index contributed by atoms with van der Waals surface area (Å²) in [7, 11) is 1.85. The first-order chi connectivity index (χ1) is 25.7. The summed E-state index contributed by atoms with van der Waals surface area (Å²) >= 11 is 6.64. The first kappa shape index (κ1) is 35.1. The van der Waals surface area contributed by atoms with Gasteiger partial charge in [-0.15, -0.1) is 0 Å². The fraction of sp³-hybridized carbons (Fsp3) is 0.375. The van der Waals surface area contributed by atoms with Gasteiger partial charge in [0, 0.05) is 71.4 Å².